The summed E-state index contributed by atoms with van der Waals surface area (Å²) in [6.07, 6.45) is 0. The zero-order valence-electron chi connectivity index (χ0n) is 30.2. The van der Waals surface area contributed by atoms with E-state index in [1.807, 2.05) is 48.5 Å². The van der Waals surface area contributed by atoms with Gasteiger partial charge < -0.3 is 8.98 Å². The Morgan fingerprint density at radius 1 is 0.304 bits per heavy atom. The van der Waals surface area contributed by atoms with E-state index in [0.717, 1.165) is 72.0 Å². The van der Waals surface area contributed by atoms with Crippen molar-refractivity contribution in [1.82, 2.24) is 19.5 Å². The third kappa shape index (κ3) is 5.45. The Balaban J connectivity index is 1.05. The van der Waals surface area contributed by atoms with Crippen LogP contribution in [0.1, 0.15) is 0 Å². The van der Waals surface area contributed by atoms with Gasteiger partial charge in [-0.3, -0.25) is 0 Å². The van der Waals surface area contributed by atoms with Crippen LogP contribution >= 0.6 is 0 Å². The number of benzene rings is 8. The molecule has 5 nitrogen and oxygen atoms in total. The summed E-state index contributed by atoms with van der Waals surface area (Å²) in [6.45, 7) is 0. The summed E-state index contributed by atoms with van der Waals surface area (Å²) in [5.41, 5.74) is 12.4. The van der Waals surface area contributed by atoms with E-state index < -0.39 is 0 Å². The molecule has 0 radical (unpaired) electrons. The molecule has 0 aliphatic rings. The standard InChI is InChI=1S/C51H32N4O/c1-3-12-33(13-4-1)34-22-24-36(25-23-34)50-52-49(35-14-5-2-6-15-35)53-51(54-50)39-16-11-17-40(30-39)55-45-20-9-7-18-41(45)42-28-26-38(32-46(42)55)37-27-29-48-44(31-37)43-19-8-10-21-47(43)56-48/h1-32H. The first-order valence-electron chi connectivity index (χ1n) is 18.8. The second-order valence-electron chi connectivity index (χ2n) is 14.1. The average molecular weight is 717 g/mol. The molecule has 8 aromatic carbocycles. The lowest BCUT2D eigenvalue weighted by molar-refractivity contribution is 0.669. The molecule has 0 aliphatic carbocycles. The molecule has 5 heteroatoms. The third-order valence-corrected chi connectivity index (χ3v) is 10.7. The highest BCUT2D eigenvalue weighted by Crippen LogP contribution is 2.38. The summed E-state index contributed by atoms with van der Waals surface area (Å²) in [4.78, 5) is 15.2. The lowest BCUT2D eigenvalue weighted by atomic mass is 10.0. The van der Waals surface area contributed by atoms with Crippen molar-refractivity contribution < 1.29 is 4.42 Å². The fourth-order valence-electron chi connectivity index (χ4n) is 7.91. The Kier molecular flexibility index (Phi) is 7.42. The van der Waals surface area contributed by atoms with Gasteiger partial charge in [-0.1, -0.05) is 152 Å². The quantitative estimate of drug-likeness (QED) is 0.172. The fraction of sp³-hybridized carbons (Fsp3) is 0. The molecule has 3 aromatic heterocycles. The maximum Gasteiger partial charge on any atom is 0.164 e. The normalized spacial score (nSPS) is 11.6. The van der Waals surface area contributed by atoms with E-state index in [9.17, 15) is 0 Å². The molecule has 0 bridgehead atoms. The average Bonchev–Trinajstić information content (AvgIpc) is 3.82. The van der Waals surface area contributed by atoms with E-state index in [0.29, 0.717) is 17.5 Å². The first kappa shape index (κ1) is 31.9. The molecule has 11 aromatic rings. The van der Waals surface area contributed by atoms with Gasteiger partial charge in [0.25, 0.3) is 0 Å². The molecule has 0 amide bonds. The van der Waals surface area contributed by atoms with Crippen molar-refractivity contribution in [2.75, 3.05) is 0 Å². The zero-order valence-corrected chi connectivity index (χ0v) is 30.2. The Morgan fingerprint density at radius 2 is 0.821 bits per heavy atom. The second kappa shape index (κ2) is 13.0. The molecule has 262 valence electrons. The van der Waals surface area contributed by atoms with Crippen molar-refractivity contribution in [1.29, 1.82) is 0 Å². The SMILES string of the molecule is c1ccc(-c2ccc(-c3nc(-c4ccccc4)nc(-c4cccc(-n5c6ccccc6c6ccc(-c7ccc8oc9ccccc9c8c7)cc65)c4)n3)cc2)cc1. The number of aromatic nitrogens is 4. The number of hydrogen-bond acceptors (Lipinski definition) is 4. The molecule has 11 rings (SSSR count). The topological polar surface area (TPSA) is 56.7 Å². The third-order valence-electron chi connectivity index (χ3n) is 10.7. The van der Waals surface area contributed by atoms with E-state index in [-0.39, 0.29) is 0 Å². The van der Waals surface area contributed by atoms with Crippen LogP contribution in [-0.2, 0) is 0 Å². The van der Waals surface area contributed by atoms with Crippen LogP contribution in [0.2, 0.25) is 0 Å². The minimum atomic E-state index is 0.616. The first-order valence-corrected chi connectivity index (χ1v) is 18.8. The predicted molar refractivity (Wildman–Crippen MR) is 229 cm³/mol. The second-order valence-corrected chi connectivity index (χ2v) is 14.1. The van der Waals surface area contributed by atoms with Gasteiger partial charge in [-0.05, 0) is 64.7 Å². The van der Waals surface area contributed by atoms with Crippen molar-refractivity contribution >= 4 is 43.7 Å². The molecule has 3 heterocycles. The minimum Gasteiger partial charge on any atom is -0.456 e. The van der Waals surface area contributed by atoms with E-state index >= 15 is 0 Å². The summed E-state index contributed by atoms with van der Waals surface area (Å²) in [5.74, 6) is 1.87. The van der Waals surface area contributed by atoms with Gasteiger partial charge in [-0.2, -0.15) is 0 Å². The van der Waals surface area contributed by atoms with Gasteiger partial charge >= 0.3 is 0 Å². The summed E-state index contributed by atoms with van der Waals surface area (Å²) >= 11 is 0. The Labute approximate surface area is 322 Å². The number of para-hydroxylation sites is 2. The maximum atomic E-state index is 6.15. The van der Waals surface area contributed by atoms with Crippen LogP contribution in [0.15, 0.2) is 199 Å². The molecule has 0 atom stereocenters. The highest BCUT2D eigenvalue weighted by atomic mass is 16.3. The van der Waals surface area contributed by atoms with Crippen molar-refractivity contribution in [2.24, 2.45) is 0 Å². The Hall–Kier alpha value is -7.63. The van der Waals surface area contributed by atoms with Gasteiger partial charge in [0.15, 0.2) is 17.5 Å². The number of rotatable bonds is 6. The summed E-state index contributed by atoms with van der Waals surface area (Å²) in [6, 6.07) is 67.6. The highest BCUT2D eigenvalue weighted by Gasteiger charge is 2.17. The molecular formula is C51H32N4O. The van der Waals surface area contributed by atoms with Crippen LogP contribution in [0.3, 0.4) is 0 Å². The molecule has 0 N–H and O–H groups in total. The van der Waals surface area contributed by atoms with E-state index in [2.05, 4.69) is 150 Å². The number of nitrogens with zero attached hydrogens (tertiary/aromatic N) is 4. The van der Waals surface area contributed by atoms with Crippen LogP contribution in [0.5, 0.6) is 0 Å². The van der Waals surface area contributed by atoms with Crippen molar-refractivity contribution in [3.8, 4) is 62.1 Å². The molecule has 0 unspecified atom stereocenters. The van der Waals surface area contributed by atoms with Crippen LogP contribution in [0.25, 0.3) is 106 Å². The highest BCUT2D eigenvalue weighted by molar-refractivity contribution is 6.11. The van der Waals surface area contributed by atoms with E-state index in [1.165, 1.54) is 16.3 Å². The first-order chi connectivity index (χ1) is 27.7. The van der Waals surface area contributed by atoms with Crippen LogP contribution in [0, 0.1) is 0 Å². The van der Waals surface area contributed by atoms with Crippen LogP contribution < -0.4 is 0 Å². The Bertz CT molecular complexity index is 3240. The minimum absolute atomic E-state index is 0.616. The van der Waals surface area contributed by atoms with Crippen molar-refractivity contribution in [2.45, 2.75) is 0 Å². The van der Waals surface area contributed by atoms with E-state index in [4.69, 9.17) is 19.4 Å². The molecular weight excluding hydrogens is 685 g/mol. The van der Waals surface area contributed by atoms with Gasteiger partial charge in [0.2, 0.25) is 0 Å². The molecule has 0 spiro atoms. The smallest absolute Gasteiger partial charge is 0.164 e. The predicted octanol–water partition coefficient (Wildman–Crippen LogP) is 13.2. The van der Waals surface area contributed by atoms with Crippen LogP contribution in [-0.4, -0.2) is 19.5 Å². The van der Waals surface area contributed by atoms with Gasteiger partial charge in [0.1, 0.15) is 11.2 Å². The zero-order chi connectivity index (χ0) is 37.0. The van der Waals surface area contributed by atoms with Gasteiger partial charge in [-0.25, -0.2) is 15.0 Å². The summed E-state index contributed by atoms with van der Waals surface area (Å²) < 4.78 is 8.50. The fourth-order valence-corrected chi connectivity index (χ4v) is 7.91. The molecule has 0 saturated carbocycles. The van der Waals surface area contributed by atoms with Gasteiger partial charge in [0, 0.05) is 43.9 Å². The number of fused-ring (bicyclic) bond motifs is 6. The van der Waals surface area contributed by atoms with Crippen molar-refractivity contribution in [3.05, 3.63) is 194 Å². The molecule has 0 aliphatic heterocycles. The van der Waals surface area contributed by atoms with Crippen molar-refractivity contribution in [3.63, 3.8) is 0 Å². The lowest BCUT2D eigenvalue weighted by Crippen LogP contribution is -2.01. The molecule has 0 saturated heterocycles. The lowest BCUT2D eigenvalue weighted by Gasteiger charge is -2.12. The van der Waals surface area contributed by atoms with Gasteiger partial charge in [0.05, 0.1) is 11.0 Å². The number of hydrogen-bond donors (Lipinski definition) is 0. The Morgan fingerprint density at radius 3 is 1.61 bits per heavy atom. The summed E-state index contributed by atoms with van der Waals surface area (Å²) in [5, 5.41) is 4.63. The van der Waals surface area contributed by atoms with E-state index in [1.54, 1.807) is 0 Å². The summed E-state index contributed by atoms with van der Waals surface area (Å²) in [7, 11) is 0. The molecule has 0 fully saturated rings. The van der Waals surface area contributed by atoms with Gasteiger partial charge in [-0.15, -0.1) is 0 Å². The maximum absolute atomic E-state index is 6.15. The molecule has 56 heavy (non-hydrogen) atoms. The monoisotopic (exact) mass is 716 g/mol. The number of furan rings is 1. The van der Waals surface area contributed by atoms with Crippen LogP contribution in [0.4, 0.5) is 0 Å². The largest absolute Gasteiger partial charge is 0.456 e.